The van der Waals surface area contributed by atoms with E-state index >= 15 is 0 Å². The maximum Gasteiger partial charge on any atom is 0.125 e. The third kappa shape index (κ3) is 2.76. The van der Waals surface area contributed by atoms with Crippen molar-refractivity contribution in [2.24, 2.45) is 5.92 Å². The average molecular weight is 192 g/mol. The number of benzene rings is 1. The maximum absolute atomic E-state index is 5.78. The van der Waals surface area contributed by atoms with Crippen LogP contribution < -0.4 is 4.74 Å². The minimum atomic E-state index is 0.579. The molecule has 0 fully saturated rings. The van der Waals surface area contributed by atoms with Crippen LogP contribution in [-0.2, 0) is 0 Å². The van der Waals surface area contributed by atoms with Gasteiger partial charge >= 0.3 is 0 Å². The summed E-state index contributed by atoms with van der Waals surface area (Å²) in [5.74, 6) is 1.64. The lowest BCUT2D eigenvalue weighted by atomic mass is 10.1. The highest BCUT2D eigenvalue weighted by molar-refractivity contribution is 5.42. The molecule has 0 radical (unpaired) electrons. The molecule has 0 aliphatic heterocycles. The van der Waals surface area contributed by atoms with E-state index in [1.54, 1.807) is 0 Å². The minimum absolute atomic E-state index is 0.579. The maximum atomic E-state index is 5.78. The van der Waals surface area contributed by atoms with E-state index < -0.39 is 0 Å². The molecule has 0 N–H and O–H groups in total. The van der Waals surface area contributed by atoms with Gasteiger partial charge in [0.1, 0.15) is 5.75 Å². The Hall–Kier alpha value is -0.980. The molecule has 0 aliphatic carbocycles. The number of rotatable bonds is 3. The molecule has 78 valence electrons. The van der Waals surface area contributed by atoms with Crippen LogP contribution in [0, 0.1) is 26.7 Å². The Kier molecular flexibility index (Phi) is 3.56. The normalized spacial score (nSPS) is 10.7. The van der Waals surface area contributed by atoms with Crippen LogP contribution in [0.3, 0.4) is 0 Å². The second-order valence-corrected chi connectivity index (χ2v) is 4.43. The molecule has 0 aromatic heterocycles. The lowest BCUT2D eigenvalue weighted by molar-refractivity contribution is 0.268. The van der Waals surface area contributed by atoms with Gasteiger partial charge in [-0.05, 0) is 37.8 Å². The average Bonchev–Trinajstić information content (AvgIpc) is 2.01. The molecule has 1 rings (SSSR count). The summed E-state index contributed by atoms with van der Waals surface area (Å²) in [7, 11) is 0. The van der Waals surface area contributed by atoms with Crippen LogP contribution in [-0.4, -0.2) is 6.61 Å². The van der Waals surface area contributed by atoms with E-state index in [2.05, 4.69) is 46.8 Å². The Labute approximate surface area is 87.1 Å². The summed E-state index contributed by atoms with van der Waals surface area (Å²) in [6.07, 6.45) is 0. The molecular weight excluding hydrogens is 172 g/mol. The summed E-state index contributed by atoms with van der Waals surface area (Å²) in [4.78, 5) is 0. The van der Waals surface area contributed by atoms with E-state index in [1.807, 2.05) is 0 Å². The molecule has 0 saturated carbocycles. The van der Waals surface area contributed by atoms with Crippen molar-refractivity contribution in [3.8, 4) is 5.75 Å². The van der Waals surface area contributed by atoms with E-state index in [1.165, 1.54) is 16.7 Å². The van der Waals surface area contributed by atoms with Gasteiger partial charge in [-0.15, -0.1) is 0 Å². The molecule has 1 heteroatoms. The summed E-state index contributed by atoms with van der Waals surface area (Å²) in [6, 6.07) is 4.34. The molecule has 14 heavy (non-hydrogen) atoms. The van der Waals surface area contributed by atoms with E-state index in [0.717, 1.165) is 12.4 Å². The van der Waals surface area contributed by atoms with Crippen molar-refractivity contribution >= 4 is 0 Å². The molecule has 0 atom stereocenters. The van der Waals surface area contributed by atoms with Gasteiger partial charge in [0.15, 0.2) is 0 Å². The Balaban J connectivity index is 2.86. The standard InChI is InChI=1S/C13H20O/c1-9(2)8-14-13-11(4)6-10(3)7-12(13)5/h6-7,9H,8H2,1-5H3. The summed E-state index contributed by atoms with van der Waals surface area (Å²) in [5, 5.41) is 0. The van der Waals surface area contributed by atoms with Gasteiger partial charge in [-0.3, -0.25) is 0 Å². The fourth-order valence-electron chi connectivity index (χ4n) is 1.64. The van der Waals surface area contributed by atoms with Crippen molar-refractivity contribution in [1.82, 2.24) is 0 Å². The van der Waals surface area contributed by atoms with Gasteiger partial charge in [0.2, 0.25) is 0 Å². The van der Waals surface area contributed by atoms with E-state index in [4.69, 9.17) is 4.74 Å². The number of aryl methyl sites for hydroxylation is 3. The first-order valence-corrected chi connectivity index (χ1v) is 5.21. The van der Waals surface area contributed by atoms with E-state index in [-0.39, 0.29) is 0 Å². The number of hydrogen-bond donors (Lipinski definition) is 0. The van der Waals surface area contributed by atoms with Gasteiger partial charge in [-0.1, -0.05) is 31.5 Å². The molecule has 1 nitrogen and oxygen atoms in total. The highest BCUT2D eigenvalue weighted by Gasteiger charge is 2.05. The number of ether oxygens (including phenoxy) is 1. The lowest BCUT2D eigenvalue weighted by Gasteiger charge is -2.14. The van der Waals surface area contributed by atoms with E-state index in [0.29, 0.717) is 5.92 Å². The van der Waals surface area contributed by atoms with Crippen LogP contribution in [0.15, 0.2) is 12.1 Å². The fraction of sp³-hybridized carbons (Fsp3) is 0.538. The molecule has 0 bridgehead atoms. The molecule has 1 aromatic carbocycles. The zero-order chi connectivity index (χ0) is 10.7. The SMILES string of the molecule is Cc1cc(C)c(OCC(C)C)c(C)c1. The predicted molar refractivity (Wildman–Crippen MR) is 61.0 cm³/mol. The Morgan fingerprint density at radius 2 is 1.57 bits per heavy atom. The van der Waals surface area contributed by atoms with Crippen LogP contribution in [0.5, 0.6) is 5.75 Å². The smallest absolute Gasteiger partial charge is 0.125 e. The van der Waals surface area contributed by atoms with Crippen LogP contribution >= 0.6 is 0 Å². The van der Waals surface area contributed by atoms with Crippen LogP contribution in [0.2, 0.25) is 0 Å². The second kappa shape index (κ2) is 4.50. The Bertz CT molecular complexity index is 290. The Morgan fingerprint density at radius 3 is 2.00 bits per heavy atom. The zero-order valence-electron chi connectivity index (χ0n) is 9.85. The highest BCUT2D eigenvalue weighted by atomic mass is 16.5. The van der Waals surface area contributed by atoms with Crippen molar-refractivity contribution in [3.05, 3.63) is 28.8 Å². The third-order valence-corrected chi connectivity index (χ3v) is 2.17. The molecule has 0 amide bonds. The van der Waals surface area contributed by atoms with Crippen LogP contribution in [0.1, 0.15) is 30.5 Å². The summed E-state index contributed by atoms with van der Waals surface area (Å²) in [5.41, 5.74) is 3.78. The molecule has 0 saturated heterocycles. The zero-order valence-corrected chi connectivity index (χ0v) is 9.85. The van der Waals surface area contributed by atoms with Crippen molar-refractivity contribution in [2.45, 2.75) is 34.6 Å². The van der Waals surface area contributed by atoms with Crippen molar-refractivity contribution < 1.29 is 4.74 Å². The first-order chi connectivity index (χ1) is 6.50. The van der Waals surface area contributed by atoms with Gasteiger partial charge in [0, 0.05) is 0 Å². The predicted octanol–water partition coefficient (Wildman–Crippen LogP) is 3.65. The van der Waals surface area contributed by atoms with Gasteiger partial charge in [0.25, 0.3) is 0 Å². The third-order valence-electron chi connectivity index (χ3n) is 2.17. The first-order valence-electron chi connectivity index (χ1n) is 5.21. The summed E-state index contributed by atoms with van der Waals surface area (Å²) >= 11 is 0. The monoisotopic (exact) mass is 192 g/mol. The number of hydrogen-bond acceptors (Lipinski definition) is 1. The largest absolute Gasteiger partial charge is 0.493 e. The van der Waals surface area contributed by atoms with E-state index in [9.17, 15) is 0 Å². The van der Waals surface area contributed by atoms with Gasteiger partial charge in [0.05, 0.1) is 6.61 Å². The molecule has 0 unspecified atom stereocenters. The molecule has 1 aromatic rings. The van der Waals surface area contributed by atoms with Crippen molar-refractivity contribution in [2.75, 3.05) is 6.61 Å². The Morgan fingerprint density at radius 1 is 1.07 bits per heavy atom. The lowest BCUT2D eigenvalue weighted by Crippen LogP contribution is -2.06. The van der Waals surface area contributed by atoms with Gasteiger partial charge in [-0.25, -0.2) is 0 Å². The quantitative estimate of drug-likeness (QED) is 0.710. The minimum Gasteiger partial charge on any atom is -0.493 e. The first kappa shape index (κ1) is 11.1. The summed E-state index contributed by atoms with van der Waals surface area (Å²) < 4.78 is 5.78. The van der Waals surface area contributed by atoms with Gasteiger partial charge in [-0.2, -0.15) is 0 Å². The van der Waals surface area contributed by atoms with Gasteiger partial charge < -0.3 is 4.74 Å². The fourth-order valence-corrected chi connectivity index (χ4v) is 1.64. The highest BCUT2D eigenvalue weighted by Crippen LogP contribution is 2.24. The van der Waals surface area contributed by atoms with Crippen molar-refractivity contribution in [3.63, 3.8) is 0 Å². The molecule has 0 spiro atoms. The van der Waals surface area contributed by atoms with Crippen LogP contribution in [0.25, 0.3) is 0 Å². The molecule has 0 heterocycles. The summed E-state index contributed by atoms with van der Waals surface area (Å²) in [6.45, 7) is 11.5. The topological polar surface area (TPSA) is 9.23 Å². The molecular formula is C13H20O. The van der Waals surface area contributed by atoms with Crippen molar-refractivity contribution in [1.29, 1.82) is 0 Å². The second-order valence-electron chi connectivity index (χ2n) is 4.43. The molecule has 0 aliphatic rings. The van der Waals surface area contributed by atoms with Crippen LogP contribution in [0.4, 0.5) is 0 Å².